The van der Waals surface area contributed by atoms with Crippen LogP contribution in [-0.4, -0.2) is 13.6 Å². The van der Waals surface area contributed by atoms with Crippen molar-refractivity contribution in [1.82, 2.24) is 5.32 Å². The third-order valence-corrected chi connectivity index (χ3v) is 4.19. The first kappa shape index (κ1) is 10.2. The second kappa shape index (κ2) is 4.94. The van der Waals surface area contributed by atoms with Crippen LogP contribution in [0, 0.1) is 0 Å². The topological polar surface area (TPSA) is 12.0 Å². The third kappa shape index (κ3) is 2.37. The van der Waals surface area contributed by atoms with Crippen molar-refractivity contribution in [3.05, 3.63) is 21.4 Å². The van der Waals surface area contributed by atoms with Crippen molar-refractivity contribution >= 4 is 11.3 Å². The zero-order chi connectivity index (χ0) is 9.80. The van der Waals surface area contributed by atoms with E-state index >= 15 is 0 Å². The van der Waals surface area contributed by atoms with Crippen LogP contribution in [0.1, 0.15) is 34.6 Å². The number of hydrogen-bond donors (Lipinski definition) is 1. The maximum Gasteiger partial charge on any atom is 0.00801 e. The Bertz CT molecular complexity index is 267. The number of thiophene rings is 1. The minimum atomic E-state index is 1.14. The predicted molar refractivity (Wildman–Crippen MR) is 63.2 cm³/mol. The Morgan fingerprint density at radius 2 is 2.21 bits per heavy atom. The molecule has 2 rings (SSSR count). The number of fused-ring (bicyclic) bond motifs is 1. The van der Waals surface area contributed by atoms with Crippen LogP contribution < -0.4 is 5.32 Å². The SMILES string of the molecule is CNCCCc1cc2c(s1)CCCC2. The Kier molecular flexibility index (Phi) is 3.60. The monoisotopic (exact) mass is 209 g/mol. The smallest absolute Gasteiger partial charge is 0.00801 e. The van der Waals surface area contributed by atoms with Gasteiger partial charge in [0.2, 0.25) is 0 Å². The second-order valence-electron chi connectivity index (χ2n) is 4.08. The van der Waals surface area contributed by atoms with Gasteiger partial charge in [0, 0.05) is 9.75 Å². The van der Waals surface area contributed by atoms with Crippen LogP contribution in [-0.2, 0) is 19.3 Å². The van der Waals surface area contributed by atoms with Gasteiger partial charge in [-0.25, -0.2) is 0 Å². The van der Waals surface area contributed by atoms with Crippen LogP contribution in [0.15, 0.2) is 6.07 Å². The van der Waals surface area contributed by atoms with Gasteiger partial charge < -0.3 is 5.32 Å². The summed E-state index contributed by atoms with van der Waals surface area (Å²) in [6, 6.07) is 2.45. The van der Waals surface area contributed by atoms with E-state index in [4.69, 9.17) is 0 Å². The quantitative estimate of drug-likeness (QED) is 0.752. The molecular formula is C12H19NS. The highest BCUT2D eigenvalue weighted by molar-refractivity contribution is 7.12. The molecule has 0 aromatic carbocycles. The Labute approximate surface area is 90.5 Å². The molecule has 0 saturated heterocycles. The summed E-state index contributed by atoms with van der Waals surface area (Å²) >= 11 is 2.06. The number of hydrogen-bond acceptors (Lipinski definition) is 2. The molecule has 78 valence electrons. The number of nitrogens with one attached hydrogen (secondary N) is 1. The van der Waals surface area contributed by atoms with Crippen LogP contribution in [0.5, 0.6) is 0 Å². The Morgan fingerprint density at radius 3 is 3.00 bits per heavy atom. The molecule has 1 aromatic heterocycles. The molecular weight excluding hydrogens is 190 g/mol. The van der Waals surface area contributed by atoms with E-state index in [1.807, 2.05) is 7.05 Å². The summed E-state index contributed by atoms with van der Waals surface area (Å²) in [5, 5.41) is 3.20. The van der Waals surface area contributed by atoms with E-state index in [0.717, 1.165) is 6.54 Å². The van der Waals surface area contributed by atoms with Gasteiger partial charge in [-0.1, -0.05) is 0 Å². The largest absolute Gasteiger partial charge is 0.320 e. The standard InChI is InChI=1S/C12H19NS/c1-13-8-4-6-11-9-10-5-2-3-7-12(10)14-11/h9,13H,2-8H2,1H3. The molecule has 1 aliphatic carbocycles. The van der Waals surface area contributed by atoms with Crippen molar-refractivity contribution in [3.8, 4) is 0 Å². The van der Waals surface area contributed by atoms with Crippen molar-refractivity contribution in [2.75, 3.05) is 13.6 Å². The first-order valence-electron chi connectivity index (χ1n) is 5.65. The molecule has 1 N–H and O–H groups in total. The van der Waals surface area contributed by atoms with Crippen molar-refractivity contribution in [1.29, 1.82) is 0 Å². The van der Waals surface area contributed by atoms with Gasteiger partial charge in [-0.3, -0.25) is 0 Å². The van der Waals surface area contributed by atoms with E-state index in [0.29, 0.717) is 0 Å². The maximum absolute atomic E-state index is 3.20. The van der Waals surface area contributed by atoms with Crippen LogP contribution >= 0.6 is 11.3 Å². The van der Waals surface area contributed by atoms with E-state index in [2.05, 4.69) is 22.7 Å². The molecule has 0 atom stereocenters. The molecule has 0 aliphatic heterocycles. The summed E-state index contributed by atoms with van der Waals surface area (Å²) in [5.74, 6) is 0. The van der Waals surface area contributed by atoms with Gasteiger partial charge in [0.05, 0.1) is 0 Å². The lowest BCUT2D eigenvalue weighted by Crippen LogP contribution is -2.07. The van der Waals surface area contributed by atoms with Gasteiger partial charge in [0.15, 0.2) is 0 Å². The molecule has 1 aromatic rings. The summed E-state index contributed by atoms with van der Waals surface area (Å²) < 4.78 is 0. The zero-order valence-corrected chi connectivity index (χ0v) is 9.75. The van der Waals surface area contributed by atoms with Crippen LogP contribution in [0.4, 0.5) is 0 Å². The molecule has 0 bridgehead atoms. The highest BCUT2D eigenvalue weighted by Gasteiger charge is 2.12. The highest BCUT2D eigenvalue weighted by atomic mass is 32.1. The van der Waals surface area contributed by atoms with Crippen molar-refractivity contribution in [2.24, 2.45) is 0 Å². The number of aryl methyl sites for hydroxylation is 3. The average Bonchev–Trinajstić information content (AvgIpc) is 2.60. The van der Waals surface area contributed by atoms with E-state index < -0.39 is 0 Å². The van der Waals surface area contributed by atoms with Crippen LogP contribution in [0.3, 0.4) is 0 Å². The fourth-order valence-corrected chi connectivity index (χ4v) is 3.42. The van der Waals surface area contributed by atoms with Gasteiger partial charge >= 0.3 is 0 Å². The Balaban J connectivity index is 1.94. The Morgan fingerprint density at radius 1 is 1.36 bits per heavy atom. The minimum Gasteiger partial charge on any atom is -0.320 e. The normalized spacial score (nSPS) is 15.5. The zero-order valence-electron chi connectivity index (χ0n) is 8.94. The van der Waals surface area contributed by atoms with Crippen LogP contribution in [0.25, 0.3) is 0 Å². The minimum absolute atomic E-state index is 1.14. The van der Waals surface area contributed by atoms with Crippen molar-refractivity contribution < 1.29 is 0 Å². The van der Waals surface area contributed by atoms with E-state index in [1.165, 1.54) is 38.5 Å². The molecule has 0 unspecified atom stereocenters. The van der Waals surface area contributed by atoms with Gasteiger partial charge in [0.1, 0.15) is 0 Å². The van der Waals surface area contributed by atoms with Gasteiger partial charge in [-0.05, 0) is 63.7 Å². The van der Waals surface area contributed by atoms with Gasteiger partial charge in [-0.15, -0.1) is 11.3 Å². The summed E-state index contributed by atoms with van der Waals surface area (Å²) in [7, 11) is 2.03. The molecule has 0 spiro atoms. The third-order valence-electron chi connectivity index (χ3n) is 2.90. The molecule has 2 heteroatoms. The maximum atomic E-state index is 3.20. The number of rotatable bonds is 4. The second-order valence-corrected chi connectivity index (χ2v) is 5.30. The fourth-order valence-electron chi connectivity index (χ4n) is 2.11. The lowest BCUT2D eigenvalue weighted by atomic mass is 9.99. The fraction of sp³-hybridized carbons (Fsp3) is 0.667. The summed E-state index contributed by atoms with van der Waals surface area (Å²) in [5.41, 5.74) is 1.65. The average molecular weight is 209 g/mol. The predicted octanol–water partition coefficient (Wildman–Crippen LogP) is 2.78. The molecule has 1 aliphatic rings. The molecule has 14 heavy (non-hydrogen) atoms. The van der Waals surface area contributed by atoms with Gasteiger partial charge in [0.25, 0.3) is 0 Å². The van der Waals surface area contributed by atoms with Crippen LogP contribution in [0.2, 0.25) is 0 Å². The summed E-state index contributed by atoms with van der Waals surface area (Å²) in [6.45, 7) is 1.14. The summed E-state index contributed by atoms with van der Waals surface area (Å²) in [4.78, 5) is 3.28. The molecule has 0 radical (unpaired) electrons. The van der Waals surface area contributed by atoms with E-state index in [-0.39, 0.29) is 0 Å². The molecule has 1 nitrogen and oxygen atoms in total. The molecule has 0 fully saturated rings. The lowest BCUT2D eigenvalue weighted by molar-refractivity contribution is 0.696. The van der Waals surface area contributed by atoms with Gasteiger partial charge in [-0.2, -0.15) is 0 Å². The first-order valence-corrected chi connectivity index (χ1v) is 6.47. The lowest BCUT2D eigenvalue weighted by Gasteiger charge is -2.08. The van der Waals surface area contributed by atoms with E-state index in [1.54, 1.807) is 15.3 Å². The van der Waals surface area contributed by atoms with E-state index in [9.17, 15) is 0 Å². The first-order chi connectivity index (χ1) is 6.90. The van der Waals surface area contributed by atoms with Crippen molar-refractivity contribution in [3.63, 3.8) is 0 Å². The summed E-state index contributed by atoms with van der Waals surface area (Å²) in [6.07, 6.45) is 8.02. The molecule has 0 amide bonds. The molecule has 1 heterocycles. The Hall–Kier alpha value is -0.340. The molecule has 0 saturated carbocycles. The highest BCUT2D eigenvalue weighted by Crippen LogP contribution is 2.30. The van der Waals surface area contributed by atoms with Crippen molar-refractivity contribution in [2.45, 2.75) is 38.5 Å².